The van der Waals surface area contributed by atoms with Crippen molar-refractivity contribution in [1.29, 1.82) is 0 Å². The first kappa shape index (κ1) is 16.7. The van der Waals surface area contributed by atoms with E-state index < -0.39 is 4.92 Å². The van der Waals surface area contributed by atoms with Gasteiger partial charge in [-0.3, -0.25) is 9.47 Å². The summed E-state index contributed by atoms with van der Waals surface area (Å²) < 4.78 is 8.79. The van der Waals surface area contributed by atoms with Crippen molar-refractivity contribution in [2.75, 3.05) is 33.2 Å². The van der Waals surface area contributed by atoms with Crippen LogP contribution in [0.4, 0.5) is 5.82 Å². The second-order valence-electron chi connectivity index (χ2n) is 5.86. The average Bonchev–Trinajstić information content (AvgIpc) is 3.06. The minimum Gasteiger partial charge on any atom is -0.412 e. The number of hydrogen-bond donors (Lipinski definition) is 0. The van der Waals surface area contributed by atoms with Gasteiger partial charge in [0.15, 0.2) is 0 Å². The first-order chi connectivity index (χ1) is 11.4. The molecule has 1 fully saturated rings. The Morgan fingerprint density at radius 1 is 1.38 bits per heavy atom. The van der Waals surface area contributed by atoms with Crippen molar-refractivity contribution in [2.45, 2.75) is 20.1 Å². The Hall–Kier alpha value is -2.11. The normalized spacial score (nSPS) is 16.6. The van der Waals surface area contributed by atoms with E-state index in [0.29, 0.717) is 23.2 Å². The van der Waals surface area contributed by atoms with Crippen molar-refractivity contribution in [3.8, 4) is 0 Å². The van der Waals surface area contributed by atoms with Crippen LogP contribution in [-0.2, 0) is 13.2 Å². The van der Waals surface area contributed by atoms with Gasteiger partial charge in [-0.1, -0.05) is 0 Å². The van der Waals surface area contributed by atoms with Crippen LogP contribution in [0.25, 0.3) is 0 Å². The van der Waals surface area contributed by atoms with Crippen LogP contribution in [0.2, 0.25) is 0 Å². The predicted octanol–water partition coefficient (Wildman–Crippen LogP) is 0.872. The van der Waals surface area contributed by atoms with Crippen LogP contribution in [0.5, 0.6) is 0 Å². The van der Waals surface area contributed by atoms with E-state index in [0.717, 1.165) is 26.2 Å². The van der Waals surface area contributed by atoms with Gasteiger partial charge in [-0.05, 0) is 29.2 Å². The smallest absolute Gasteiger partial charge is 0.381 e. The number of rotatable bonds is 5. The first-order valence-corrected chi connectivity index (χ1v) is 7.99. The molecular formula is C13H19N7O3S. The van der Waals surface area contributed by atoms with E-state index >= 15 is 0 Å². The zero-order chi connectivity index (χ0) is 17.3. The molecule has 0 spiro atoms. The molecule has 1 aliphatic heterocycles. The van der Waals surface area contributed by atoms with Gasteiger partial charge in [0.1, 0.15) is 12.7 Å². The first-order valence-electron chi connectivity index (χ1n) is 7.58. The van der Waals surface area contributed by atoms with E-state index in [1.165, 1.54) is 6.20 Å². The van der Waals surface area contributed by atoms with Gasteiger partial charge in [0.25, 0.3) is 4.84 Å². The minimum atomic E-state index is -0.523. The highest BCUT2D eigenvalue weighted by atomic mass is 32.1. The number of piperazine rings is 1. The number of aromatic nitrogens is 4. The molecule has 1 saturated heterocycles. The summed E-state index contributed by atoms with van der Waals surface area (Å²) in [5, 5.41) is 15.2. The quantitative estimate of drug-likeness (QED) is 0.444. The maximum Gasteiger partial charge on any atom is 0.381 e. The molecule has 24 heavy (non-hydrogen) atoms. The lowest BCUT2D eigenvalue weighted by Crippen LogP contribution is -2.45. The van der Waals surface area contributed by atoms with Crippen molar-refractivity contribution >= 4 is 18.0 Å². The summed E-state index contributed by atoms with van der Waals surface area (Å²) in [7, 11) is 2.10. The summed E-state index contributed by atoms with van der Waals surface area (Å²) in [5.74, 6) is 0.740. The van der Waals surface area contributed by atoms with Crippen LogP contribution >= 0.6 is 12.2 Å². The number of aryl methyl sites for hydroxylation is 1. The predicted molar refractivity (Wildman–Crippen MR) is 87.1 cm³/mol. The van der Waals surface area contributed by atoms with Gasteiger partial charge in [-0.2, -0.15) is 0 Å². The summed E-state index contributed by atoms with van der Waals surface area (Å²) in [6.45, 7) is 6.46. The van der Waals surface area contributed by atoms with E-state index in [2.05, 4.69) is 26.9 Å². The highest BCUT2D eigenvalue weighted by Crippen LogP contribution is 2.13. The Morgan fingerprint density at radius 3 is 2.71 bits per heavy atom. The third kappa shape index (κ3) is 3.68. The highest BCUT2D eigenvalue weighted by Gasteiger charge is 2.19. The van der Waals surface area contributed by atoms with E-state index in [1.807, 2.05) is 0 Å². The van der Waals surface area contributed by atoms with Crippen molar-refractivity contribution in [3.63, 3.8) is 0 Å². The second-order valence-corrected chi connectivity index (χ2v) is 6.20. The number of nitro groups is 1. The fourth-order valence-electron chi connectivity index (χ4n) is 2.57. The van der Waals surface area contributed by atoms with Crippen LogP contribution in [0, 0.1) is 21.9 Å². The Kier molecular flexibility index (Phi) is 4.73. The average molecular weight is 353 g/mol. The second kappa shape index (κ2) is 6.79. The van der Waals surface area contributed by atoms with E-state index in [-0.39, 0.29) is 12.4 Å². The van der Waals surface area contributed by atoms with Crippen molar-refractivity contribution in [3.05, 3.63) is 32.9 Å². The number of imidazole rings is 1. The zero-order valence-electron chi connectivity index (χ0n) is 13.6. The number of likely N-dealkylation sites (N-methyl/N-ethyl adjacent to an activating group) is 1. The lowest BCUT2D eigenvalue weighted by Gasteiger charge is -2.31. The molecule has 3 heterocycles. The molecule has 0 aromatic carbocycles. The van der Waals surface area contributed by atoms with Crippen molar-refractivity contribution in [1.82, 2.24) is 29.1 Å². The van der Waals surface area contributed by atoms with Crippen LogP contribution < -0.4 is 0 Å². The Balaban J connectivity index is 1.70. The summed E-state index contributed by atoms with van der Waals surface area (Å²) in [4.78, 5) is 19.0. The van der Waals surface area contributed by atoms with Gasteiger partial charge in [0, 0.05) is 33.1 Å². The third-order valence-corrected chi connectivity index (χ3v) is 4.33. The van der Waals surface area contributed by atoms with E-state index in [9.17, 15) is 10.1 Å². The van der Waals surface area contributed by atoms with Crippen LogP contribution in [0.15, 0.2) is 10.6 Å². The van der Waals surface area contributed by atoms with Crippen LogP contribution in [-0.4, -0.2) is 67.3 Å². The molecule has 3 rings (SSSR count). The highest BCUT2D eigenvalue weighted by molar-refractivity contribution is 7.71. The Bertz CT molecular complexity index is 788. The molecule has 0 atom stereocenters. The fraction of sp³-hybridized carbons (Fsp3) is 0.615. The topological polar surface area (TPSA) is 98.4 Å². The summed E-state index contributed by atoms with van der Waals surface area (Å²) in [5.41, 5.74) is 0. The standard InChI is InChI=1S/C13H19N7O3S/c1-10-14-11(20(21)22)7-18(10)8-12-15-19(13(24)23-12)9-17-5-3-16(2)4-6-17/h7H,3-6,8-9H2,1-2H3. The molecule has 0 bridgehead atoms. The molecule has 0 unspecified atom stereocenters. The molecule has 0 saturated carbocycles. The van der Waals surface area contributed by atoms with Crippen molar-refractivity contribution in [2.24, 2.45) is 0 Å². The molecular weight excluding hydrogens is 334 g/mol. The van der Waals surface area contributed by atoms with Crippen molar-refractivity contribution < 1.29 is 9.34 Å². The molecule has 1 aliphatic rings. The van der Waals surface area contributed by atoms with Crippen LogP contribution in [0.1, 0.15) is 11.7 Å². The minimum absolute atomic E-state index is 0.192. The Labute approximate surface area is 143 Å². The summed E-state index contributed by atoms with van der Waals surface area (Å²) >= 11 is 5.22. The molecule has 0 N–H and O–H groups in total. The lowest BCUT2D eigenvalue weighted by atomic mass is 10.3. The van der Waals surface area contributed by atoms with Crippen LogP contribution in [0.3, 0.4) is 0 Å². The number of nitrogens with zero attached hydrogens (tertiary/aromatic N) is 7. The molecule has 2 aromatic rings. The largest absolute Gasteiger partial charge is 0.412 e. The summed E-state index contributed by atoms with van der Waals surface area (Å²) in [6, 6.07) is 0. The van der Waals surface area contributed by atoms with E-state index in [1.54, 1.807) is 16.2 Å². The zero-order valence-corrected chi connectivity index (χ0v) is 14.4. The van der Waals surface area contributed by atoms with Gasteiger partial charge < -0.3 is 19.4 Å². The SMILES string of the molecule is Cc1nc([N+](=O)[O-])cn1Cc1nn(CN2CCN(C)CC2)c(=S)o1. The summed E-state index contributed by atoms with van der Waals surface area (Å²) in [6.07, 6.45) is 1.37. The van der Waals surface area contributed by atoms with Gasteiger partial charge in [0.2, 0.25) is 11.7 Å². The van der Waals surface area contributed by atoms with Gasteiger partial charge in [-0.25, -0.2) is 4.68 Å². The molecule has 0 radical (unpaired) electrons. The molecule has 0 aliphatic carbocycles. The lowest BCUT2D eigenvalue weighted by molar-refractivity contribution is -0.389. The van der Waals surface area contributed by atoms with Gasteiger partial charge in [-0.15, -0.1) is 5.10 Å². The van der Waals surface area contributed by atoms with E-state index in [4.69, 9.17) is 16.6 Å². The van der Waals surface area contributed by atoms with Gasteiger partial charge in [0.05, 0.1) is 6.67 Å². The maximum atomic E-state index is 10.8. The maximum absolute atomic E-state index is 10.8. The molecule has 0 amide bonds. The van der Waals surface area contributed by atoms with Gasteiger partial charge >= 0.3 is 5.82 Å². The molecule has 11 heteroatoms. The molecule has 10 nitrogen and oxygen atoms in total. The molecule has 130 valence electrons. The monoisotopic (exact) mass is 353 g/mol. The number of hydrogen-bond acceptors (Lipinski definition) is 8. The fourth-order valence-corrected chi connectivity index (χ4v) is 2.76. The molecule has 2 aromatic heterocycles. The third-order valence-electron chi connectivity index (χ3n) is 4.03. The Morgan fingerprint density at radius 2 is 2.08 bits per heavy atom.